The van der Waals surface area contributed by atoms with Gasteiger partial charge in [0.05, 0.1) is 11.7 Å². The molecule has 0 bridgehead atoms. The Balaban J connectivity index is 2.11. The lowest BCUT2D eigenvalue weighted by Gasteiger charge is -2.26. The number of nitrogens with zero attached hydrogens (tertiary/aromatic N) is 3. The number of rotatable bonds is 1. The van der Waals surface area contributed by atoms with Gasteiger partial charge in [-0.1, -0.05) is 0 Å². The Morgan fingerprint density at radius 2 is 2.17 bits per heavy atom. The van der Waals surface area contributed by atoms with E-state index >= 15 is 0 Å². The third-order valence-electron chi connectivity index (χ3n) is 2.83. The number of fused-ring (bicyclic) bond motifs is 1. The van der Waals surface area contributed by atoms with Gasteiger partial charge in [-0.25, -0.2) is 9.31 Å². The average Bonchev–Trinajstić information content (AvgIpc) is 2.76. The van der Waals surface area contributed by atoms with Crippen LogP contribution in [0.1, 0.15) is 6.42 Å². The molecule has 2 aromatic heterocycles. The van der Waals surface area contributed by atoms with Gasteiger partial charge in [0.15, 0.2) is 0 Å². The minimum absolute atomic E-state index is 0.267. The van der Waals surface area contributed by atoms with Crippen molar-refractivity contribution >= 4 is 29.0 Å². The molecule has 7 nitrogen and oxygen atoms in total. The molecule has 3 rings (SSSR count). The summed E-state index contributed by atoms with van der Waals surface area (Å²) in [6, 6.07) is 4.78. The minimum atomic E-state index is -0.450. The van der Waals surface area contributed by atoms with E-state index < -0.39 is 6.03 Å². The first-order chi connectivity index (χ1) is 8.65. The van der Waals surface area contributed by atoms with Crippen molar-refractivity contribution in [1.82, 2.24) is 14.9 Å². The highest BCUT2D eigenvalue weighted by molar-refractivity contribution is 6.05. The average molecular weight is 245 g/mol. The fourth-order valence-electron chi connectivity index (χ4n) is 2.01. The molecule has 1 aliphatic heterocycles. The van der Waals surface area contributed by atoms with Gasteiger partial charge in [0, 0.05) is 24.7 Å². The first-order valence-electron chi connectivity index (χ1n) is 5.50. The van der Waals surface area contributed by atoms with Crippen molar-refractivity contribution in [3.05, 3.63) is 24.4 Å². The first kappa shape index (κ1) is 10.6. The summed E-state index contributed by atoms with van der Waals surface area (Å²) in [6.45, 7) is 0.322. The summed E-state index contributed by atoms with van der Waals surface area (Å²) in [4.78, 5) is 24.4. The van der Waals surface area contributed by atoms with Gasteiger partial charge in [0.25, 0.3) is 0 Å². The summed E-state index contributed by atoms with van der Waals surface area (Å²) in [5, 5.41) is 6.41. The highest BCUT2D eigenvalue weighted by atomic mass is 16.2. The molecule has 7 heteroatoms. The second kappa shape index (κ2) is 3.73. The number of amides is 3. The Morgan fingerprint density at radius 3 is 2.94 bits per heavy atom. The minimum Gasteiger partial charge on any atom is -0.399 e. The Morgan fingerprint density at radius 1 is 1.33 bits per heavy atom. The number of hydrogen-bond donors (Lipinski definition) is 2. The summed E-state index contributed by atoms with van der Waals surface area (Å²) in [5.74, 6) is 0.289. The maximum absolute atomic E-state index is 11.8. The molecular weight excluding hydrogens is 234 g/mol. The summed E-state index contributed by atoms with van der Waals surface area (Å²) >= 11 is 0. The molecule has 2 aromatic rings. The van der Waals surface area contributed by atoms with Crippen LogP contribution in [-0.2, 0) is 4.79 Å². The molecule has 0 aliphatic carbocycles. The zero-order valence-electron chi connectivity index (χ0n) is 9.46. The molecule has 0 atom stereocenters. The molecule has 92 valence electrons. The van der Waals surface area contributed by atoms with E-state index in [1.54, 1.807) is 28.9 Å². The maximum atomic E-state index is 11.8. The van der Waals surface area contributed by atoms with E-state index in [-0.39, 0.29) is 12.3 Å². The van der Waals surface area contributed by atoms with Crippen molar-refractivity contribution in [3.8, 4) is 0 Å². The van der Waals surface area contributed by atoms with E-state index in [2.05, 4.69) is 10.4 Å². The highest BCUT2D eigenvalue weighted by Crippen LogP contribution is 2.22. The lowest BCUT2D eigenvalue weighted by Crippen LogP contribution is -2.50. The number of imide groups is 1. The smallest absolute Gasteiger partial charge is 0.329 e. The van der Waals surface area contributed by atoms with E-state index in [9.17, 15) is 9.59 Å². The predicted molar refractivity (Wildman–Crippen MR) is 65.1 cm³/mol. The quantitative estimate of drug-likeness (QED) is 0.758. The number of urea groups is 1. The Hall–Kier alpha value is -2.57. The van der Waals surface area contributed by atoms with Crippen molar-refractivity contribution in [2.24, 2.45) is 0 Å². The van der Waals surface area contributed by atoms with E-state index in [1.807, 2.05) is 0 Å². The monoisotopic (exact) mass is 245 g/mol. The number of nitrogen functional groups attached to an aromatic ring is 1. The van der Waals surface area contributed by atoms with E-state index in [0.717, 1.165) is 5.52 Å². The van der Waals surface area contributed by atoms with Crippen LogP contribution < -0.4 is 16.0 Å². The van der Waals surface area contributed by atoms with E-state index in [0.29, 0.717) is 18.1 Å². The molecule has 1 saturated heterocycles. The summed E-state index contributed by atoms with van der Waals surface area (Å²) in [7, 11) is 0. The maximum Gasteiger partial charge on any atom is 0.329 e. The molecule has 3 heterocycles. The normalized spacial score (nSPS) is 16.1. The second-order valence-electron chi connectivity index (χ2n) is 4.07. The lowest BCUT2D eigenvalue weighted by atomic mass is 10.3. The van der Waals surface area contributed by atoms with Crippen LogP contribution in [0.2, 0.25) is 0 Å². The van der Waals surface area contributed by atoms with Crippen LogP contribution >= 0.6 is 0 Å². The van der Waals surface area contributed by atoms with Gasteiger partial charge in [-0.2, -0.15) is 5.10 Å². The van der Waals surface area contributed by atoms with E-state index in [1.165, 1.54) is 4.90 Å². The largest absolute Gasteiger partial charge is 0.399 e. The fourth-order valence-corrected chi connectivity index (χ4v) is 2.01. The topological polar surface area (TPSA) is 92.7 Å². The van der Waals surface area contributed by atoms with Gasteiger partial charge in [-0.05, 0) is 12.1 Å². The lowest BCUT2D eigenvalue weighted by molar-refractivity contribution is -0.120. The van der Waals surface area contributed by atoms with Crippen molar-refractivity contribution in [3.63, 3.8) is 0 Å². The Labute approximate surface area is 102 Å². The van der Waals surface area contributed by atoms with Gasteiger partial charge in [-0.15, -0.1) is 0 Å². The van der Waals surface area contributed by atoms with Crippen molar-refractivity contribution in [2.45, 2.75) is 6.42 Å². The van der Waals surface area contributed by atoms with Crippen LogP contribution in [0.5, 0.6) is 0 Å². The summed E-state index contributed by atoms with van der Waals surface area (Å²) in [5.41, 5.74) is 7.14. The third-order valence-corrected chi connectivity index (χ3v) is 2.83. The van der Waals surface area contributed by atoms with Gasteiger partial charge >= 0.3 is 6.03 Å². The Bertz CT molecular complexity index is 648. The molecule has 0 unspecified atom stereocenters. The Kier molecular flexibility index (Phi) is 2.19. The van der Waals surface area contributed by atoms with Gasteiger partial charge in [0.2, 0.25) is 5.91 Å². The standard InChI is InChI=1S/C11H11N5O2/c12-7-5-8-1-3-13-16(8)10(6-7)15-4-2-9(17)14-11(15)18/h1,3,5-6H,2,4,12H2,(H,14,17,18). The predicted octanol–water partition coefficient (Wildman–Crippen LogP) is 0.363. The zero-order chi connectivity index (χ0) is 12.7. The SMILES string of the molecule is Nc1cc(N2CCC(=O)NC2=O)n2nccc2c1. The second-order valence-corrected chi connectivity index (χ2v) is 4.07. The molecule has 1 aliphatic rings. The molecule has 0 aromatic carbocycles. The van der Waals surface area contributed by atoms with Crippen molar-refractivity contribution < 1.29 is 9.59 Å². The molecule has 0 radical (unpaired) electrons. The summed E-state index contributed by atoms with van der Waals surface area (Å²) in [6.07, 6.45) is 1.90. The van der Waals surface area contributed by atoms with Crippen LogP contribution in [0.3, 0.4) is 0 Å². The van der Waals surface area contributed by atoms with Gasteiger partial charge < -0.3 is 5.73 Å². The van der Waals surface area contributed by atoms with Crippen molar-refractivity contribution in [2.75, 3.05) is 17.2 Å². The third kappa shape index (κ3) is 1.56. The van der Waals surface area contributed by atoms with Crippen LogP contribution in [0.4, 0.5) is 16.3 Å². The number of carbonyl (C=O) groups excluding carboxylic acids is 2. The van der Waals surface area contributed by atoms with Gasteiger partial charge in [-0.3, -0.25) is 15.0 Å². The molecule has 0 spiro atoms. The van der Waals surface area contributed by atoms with Crippen LogP contribution in [0, 0.1) is 0 Å². The molecule has 0 saturated carbocycles. The molecule has 18 heavy (non-hydrogen) atoms. The molecule has 3 N–H and O–H groups in total. The first-order valence-corrected chi connectivity index (χ1v) is 5.50. The summed E-state index contributed by atoms with van der Waals surface area (Å²) < 4.78 is 1.62. The van der Waals surface area contributed by atoms with Crippen molar-refractivity contribution in [1.29, 1.82) is 0 Å². The fraction of sp³-hybridized carbons (Fsp3) is 0.182. The number of hydrogen-bond acceptors (Lipinski definition) is 4. The number of anilines is 2. The molecule has 1 fully saturated rings. The number of pyridine rings is 1. The molecular formula is C11H11N5O2. The molecule has 3 amide bonds. The number of aromatic nitrogens is 2. The number of nitrogens with one attached hydrogen (secondary N) is 1. The van der Waals surface area contributed by atoms with Crippen LogP contribution in [0.15, 0.2) is 24.4 Å². The van der Waals surface area contributed by atoms with Crippen LogP contribution in [0.25, 0.3) is 5.52 Å². The number of nitrogens with two attached hydrogens (primary N) is 1. The number of carbonyl (C=O) groups is 2. The highest BCUT2D eigenvalue weighted by Gasteiger charge is 2.26. The van der Waals surface area contributed by atoms with Gasteiger partial charge in [0.1, 0.15) is 5.82 Å². The van der Waals surface area contributed by atoms with E-state index in [4.69, 9.17) is 5.73 Å². The zero-order valence-corrected chi connectivity index (χ0v) is 9.46. The van der Waals surface area contributed by atoms with Crippen LogP contribution in [-0.4, -0.2) is 28.1 Å².